The fraction of sp³-hybridized carbons (Fsp3) is 0.750. The molecule has 3 aliphatic rings. The quantitative estimate of drug-likeness (QED) is 0.534. The SMILES string of the molecule is O=S1CCS(=O)C12C[C@@H]1C=C[C@H]2O1. The molecule has 2 saturated heterocycles. The first-order valence-corrected chi connectivity index (χ1v) is 6.98. The Labute approximate surface area is 81.4 Å². The summed E-state index contributed by atoms with van der Waals surface area (Å²) in [5, 5.41) is 0. The maximum Gasteiger partial charge on any atom is 0.153 e. The van der Waals surface area contributed by atoms with E-state index in [1.807, 2.05) is 12.2 Å². The van der Waals surface area contributed by atoms with E-state index < -0.39 is 25.7 Å². The van der Waals surface area contributed by atoms with E-state index in [9.17, 15) is 8.42 Å². The molecule has 2 fully saturated rings. The monoisotopic (exact) mass is 218 g/mol. The van der Waals surface area contributed by atoms with E-state index >= 15 is 0 Å². The summed E-state index contributed by atoms with van der Waals surface area (Å²) in [5.41, 5.74) is 0. The van der Waals surface area contributed by atoms with Gasteiger partial charge in [-0.3, -0.25) is 8.42 Å². The third-order valence-corrected chi connectivity index (χ3v) is 7.83. The van der Waals surface area contributed by atoms with Gasteiger partial charge < -0.3 is 4.74 Å². The van der Waals surface area contributed by atoms with Crippen molar-refractivity contribution in [2.75, 3.05) is 11.5 Å². The van der Waals surface area contributed by atoms with E-state index in [4.69, 9.17) is 4.74 Å². The Morgan fingerprint density at radius 2 is 1.92 bits per heavy atom. The molecule has 72 valence electrons. The van der Waals surface area contributed by atoms with E-state index in [0.717, 1.165) is 0 Å². The van der Waals surface area contributed by atoms with Crippen molar-refractivity contribution >= 4 is 21.6 Å². The smallest absolute Gasteiger partial charge is 0.153 e. The van der Waals surface area contributed by atoms with E-state index in [-0.39, 0.29) is 12.2 Å². The van der Waals surface area contributed by atoms with Crippen molar-refractivity contribution in [3.63, 3.8) is 0 Å². The molecule has 1 spiro atoms. The topological polar surface area (TPSA) is 43.4 Å². The Balaban J connectivity index is 2.10. The Bertz CT molecular complexity index is 320. The Morgan fingerprint density at radius 1 is 1.23 bits per heavy atom. The summed E-state index contributed by atoms with van der Waals surface area (Å²) in [7, 11) is -1.93. The van der Waals surface area contributed by atoms with Crippen LogP contribution in [0.3, 0.4) is 0 Å². The lowest BCUT2D eigenvalue weighted by Gasteiger charge is -2.24. The average Bonchev–Trinajstić information content (AvgIpc) is 2.77. The van der Waals surface area contributed by atoms with Crippen LogP contribution >= 0.6 is 0 Å². The first-order valence-electron chi connectivity index (χ1n) is 4.34. The second kappa shape index (κ2) is 2.52. The minimum absolute atomic E-state index is 0.0657. The average molecular weight is 218 g/mol. The lowest BCUT2D eigenvalue weighted by molar-refractivity contribution is 0.119. The molecule has 4 atom stereocenters. The molecule has 2 unspecified atom stereocenters. The normalized spacial score (nSPS) is 58.2. The standard InChI is InChI=1S/C8H10O3S2/c9-12-3-4-13(10)8(12)5-6-1-2-7(8)11-6/h1-2,6-7H,3-5H2/t6-,7+,8?,12?,13?/m0/s1. The Hall–Kier alpha value is -0.0000000000000000763. The molecule has 3 rings (SSSR count). The second-order valence-corrected chi connectivity index (χ2v) is 7.51. The van der Waals surface area contributed by atoms with Crippen molar-refractivity contribution in [3.05, 3.63) is 12.2 Å². The molecule has 0 aromatic heterocycles. The molecule has 3 nitrogen and oxygen atoms in total. The third kappa shape index (κ3) is 0.877. The molecule has 0 aromatic rings. The van der Waals surface area contributed by atoms with Crippen LogP contribution in [-0.2, 0) is 26.3 Å². The molecule has 0 aliphatic carbocycles. The summed E-state index contributed by atoms with van der Waals surface area (Å²) in [6.45, 7) is 0. The molecular formula is C8H10O3S2. The third-order valence-electron chi connectivity index (χ3n) is 2.97. The van der Waals surface area contributed by atoms with Gasteiger partial charge in [0, 0.05) is 39.5 Å². The zero-order chi connectivity index (χ0) is 9.05. The van der Waals surface area contributed by atoms with Gasteiger partial charge in [-0.25, -0.2) is 0 Å². The lowest BCUT2D eigenvalue weighted by atomic mass is 10.1. The van der Waals surface area contributed by atoms with Gasteiger partial charge in [-0.1, -0.05) is 12.2 Å². The molecule has 0 amide bonds. The van der Waals surface area contributed by atoms with Crippen molar-refractivity contribution in [3.8, 4) is 0 Å². The molecule has 13 heavy (non-hydrogen) atoms. The number of rotatable bonds is 0. The van der Waals surface area contributed by atoms with Gasteiger partial charge in [0.25, 0.3) is 0 Å². The van der Waals surface area contributed by atoms with Gasteiger partial charge in [-0.15, -0.1) is 0 Å². The highest BCUT2D eigenvalue weighted by Gasteiger charge is 2.60. The van der Waals surface area contributed by atoms with Crippen molar-refractivity contribution < 1.29 is 13.2 Å². The molecule has 3 aliphatic heterocycles. The van der Waals surface area contributed by atoms with Gasteiger partial charge in [0.15, 0.2) is 4.08 Å². The maximum atomic E-state index is 11.8. The van der Waals surface area contributed by atoms with Gasteiger partial charge in [0.1, 0.15) is 6.10 Å². The number of hydrogen-bond acceptors (Lipinski definition) is 3. The van der Waals surface area contributed by atoms with E-state index in [1.54, 1.807) is 0 Å². The molecule has 2 bridgehead atoms. The minimum Gasteiger partial charge on any atom is -0.364 e. The first kappa shape index (κ1) is 8.32. The van der Waals surface area contributed by atoms with E-state index in [2.05, 4.69) is 0 Å². The van der Waals surface area contributed by atoms with Gasteiger partial charge in [0.05, 0.1) is 6.10 Å². The van der Waals surface area contributed by atoms with Crippen molar-refractivity contribution in [2.45, 2.75) is 22.7 Å². The molecule has 0 saturated carbocycles. The van der Waals surface area contributed by atoms with Gasteiger partial charge >= 0.3 is 0 Å². The predicted octanol–water partition coefficient (Wildman–Crippen LogP) is -0.0790. The molecule has 5 heteroatoms. The molecule has 0 radical (unpaired) electrons. The van der Waals surface area contributed by atoms with Crippen LogP contribution in [0.2, 0.25) is 0 Å². The maximum absolute atomic E-state index is 11.8. The highest BCUT2D eigenvalue weighted by atomic mass is 32.3. The van der Waals surface area contributed by atoms with Gasteiger partial charge in [-0.2, -0.15) is 0 Å². The highest BCUT2D eigenvalue weighted by molar-refractivity contribution is 8.07. The summed E-state index contributed by atoms with van der Waals surface area (Å²) in [6.07, 6.45) is 4.52. The fourth-order valence-electron chi connectivity index (χ4n) is 2.31. The minimum atomic E-state index is -0.963. The van der Waals surface area contributed by atoms with Crippen LogP contribution in [-0.4, -0.2) is 36.2 Å². The van der Waals surface area contributed by atoms with Crippen molar-refractivity contribution in [1.82, 2.24) is 0 Å². The zero-order valence-electron chi connectivity index (χ0n) is 6.97. The van der Waals surface area contributed by atoms with E-state index in [0.29, 0.717) is 17.9 Å². The number of hydrogen-bond donors (Lipinski definition) is 0. The summed E-state index contributed by atoms with van der Waals surface area (Å²) >= 11 is 0. The van der Waals surface area contributed by atoms with Crippen LogP contribution in [0.1, 0.15) is 6.42 Å². The lowest BCUT2D eigenvalue weighted by Crippen LogP contribution is -2.42. The zero-order valence-corrected chi connectivity index (χ0v) is 8.60. The molecule has 0 aromatic carbocycles. The van der Waals surface area contributed by atoms with Crippen molar-refractivity contribution in [2.24, 2.45) is 0 Å². The fourth-order valence-corrected chi connectivity index (χ4v) is 7.03. The van der Waals surface area contributed by atoms with Crippen LogP contribution in [0, 0.1) is 0 Å². The van der Waals surface area contributed by atoms with Gasteiger partial charge in [-0.05, 0) is 0 Å². The Kier molecular flexibility index (Phi) is 1.61. The predicted molar refractivity (Wildman–Crippen MR) is 51.2 cm³/mol. The molecule has 0 N–H and O–H groups in total. The summed E-state index contributed by atoms with van der Waals surface area (Å²) in [4.78, 5) is 0. The van der Waals surface area contributed by atoms with Crippen LogP contribution in [0.15, 0.2) is 12.2 Å². The van der Waals surface area contributed by atoms with Crippen LogP contribution in [0.5, 0.6) is 0 Å². The Morgan fingerprint density at radius 3 is 2.38 bits per heavy atom. The summed E-state index contributed by atoms with van der Waals surface area (Å²) in [5.74, 6) is 1.15. The van der Waals surface area contributed by atoms with Crippen molar-refractivity contribution in [1.29, 1.82) is 0 Å². The first-order chi connectivity index (χ1) is 6.23. The van der Waals surface area contributed by atoms with E-state index in [1.165, 1.54) is 0 Å². The summed E-state index contributed by atoms with van der Waals surface area (Å²) in [6, 6.07) is 0. The molecular weight excluding hydrogens is 208 g/mol. The van der Waals surface area contributed by atoms with Gasteiger partial charge in [0.2, 0.25) is 0 Å². The van der Waals surface area contributed by atoms with Crippen LogP contribution < -0.4 is 0 Å². The highest BCUT2D eigenvalue weighted by Crippen LogP contribution is 2.46. The number of ether oxygens (including phenoxy) is 1. The van der Waals surface area contributed by atoms with Crippen LogP contribution in [0.25, 0.3) is 0 Å². The summed E-state index contributed by atoms with van der Waals surface area (Å²) < 4.78 is 28.6. The van der Waals surface area contributed by atoms with Crippen LogP contribution in [0.4, 0.5) is 0 Å². The largest absolute Gasteiger partial charge is 0.364 e. The molecule has 3 heterocycles. The second-order valence-electron chi connectivity index (χ2n) is 3.60. The number of fused-ring (bicyclic) bond motifs is 3.